The standard InChI is InChI=1S/C14H23N5/c1-2-11(8-15-5-1)9-18-6-7-19-13(10-18)16-17-14(19)12-3-4-12/h11-12,15H,1-10H2. The minimum atomic E-state index is 0.718. The number of nitrogens with zero attached hydrogens (tertiary/aromatic N) is 4. The van der Waals surface area contributed by atoms with E-state index in [9.17, 15) is 0 Å². The first-order valence-corrected chi connectivity index (χ1v) is 7.75. The van der Waals surface area contributed by atoms with E-state index in [-0.39, 0.29) is 0 Å². The van der Waals surface area contributed by atoms with Crippen LogP contribution in [-0.4, -0.2) is 45.8 Å². The van der Waals surface area contributed by atoms with Gasteiger partial charge in [-0.1, -0.05) is 0 Å². The third-order valence-electron chi connectivity index (χ3n) is 4.72. The number of hydrogen-bond donors (Lipinski definition) is 1. The molecular formula is C14H23N5. The molecule has 1 aromatic rings. The Hall–Kier alpha value is -0.940. The topological polar surface area (TPSA) is 46.0 Å². The van der Waals surface area contributed by atoms with Crippen molar-refractivity contribution < 1.29 is 0 Å². The van der Waals surface area contributed by atoms with E-state index in [2.05, 4.69) is 25.0 Å². The van der Waals surface area contributed by atoms with Crippen molar-refractivity contribution in [3.63, 3.8) is 0 Å². The largest absolute Gasteiger partial charge is 0.316 e. The van der Waals surface area contributed by atoms with Gasteiger partial charge in [0.25, 0.3) is 0 Å². The van der Waals surface area contributed by atoms with E-state index in [0.29, 0.717) is 0 Å². The van der Waals surface area contributed by atoms with Crippen molar-refractivity contribution in [3.05, 3.63) is 11.6 Å². The summed E-state index contributed by atoms with van der Waals surface area (Å²) in [5, 5.41) is 12.3. The summed E-state index contributed by atoms with van der Waals surface area (Å²) >= 11 is 0. The number of piperidine rings is 1. The lowest BCUT2D eigenvalue weighted by atomic mass is 9.99. The molecular weight excluding hydrogens is 238 g/mol. The van der Waals surface area contributed by atoms with Crippen LogP contribution in [0.15, 0.2) is 0 Å². The van der Waals surface area contributed by atoms with E-state index in [0.717, 1.165) is 24.9 Å². The average molecular weight is 261 g/mol. The number of fused-ring (bicyclic) bond motifs is 1. The molecule has 1 atom stereocenters. The summed E-state index contributed by atoms with van der Waals surface area (Å²) in [5.74, 6) is 3.99. The smallest absolute Gasteiger partial charge is 0.147 e. The summed E-state index contributed by atoms with van der Waals surface area (Å²) in [6, 6.07) is 0. The monoisotopic (exact) mass is 261 g/mol. The highest BCUT2D eigenvalue weighted by molar-refractivity contribution is 5.09. The predicted molar refractivity (Wildman–Crippen MR) is 72.9 cm³/mol. The van der Waals surface area contributed by atoms with Crippen LogP contribution in [0.4, 0.5) is 0 Å². The summed E-state index contributed by atoms with van der Waals surface area (Å²) in [6.45, 7) is 6.87. The Balaban J connectivity index is 1.41. The summed E-state index contributed by atoms with van der Waals surface area (Å²) in [7, 11) is 0. The SMILES string of the molecule is C1CNCC(CN2CCn3c(nnc3C3CC3)C2)C1. The number of rotatable bonds is 3. The number of hydrogen-bond acceptors (Lipinski definition) is 4. The molecule has 19 heavy (non-hydrogen) atoms. The second-order valence-electron chi connectivity index (χ2n) is 6.35. The highest BCUT2D eigenvalue weighted by atomic mass is 15.3. The quantitative estimate of drug-likeness (QED) is 0.881. The van der Waals surface area contributed by atoms with Gasteiger partial charge in [0.05, 0.1) is 6.54 Å². The minimum Gasteiger partial charge on any atom is -0.316 e. The van der Waals surface area contributed by atoms with Crippen molar-refractivity contribution in [1.29, 1.82) is 0 Å². The second-order valence-corrected chi connectivity index (χ2v) is 6.35. The lowest BCUT2D eigenvalue weighted by Gasteiger charge is -2.32. The molecule has 0 aromatic carbocycles. The zero-order valence-corrected chi connectivity index (χ0v) is 11.5. The molecule has 1 saturated heterocycles. The van der Waals surface area contributed by atoms with Gasteiger partial charge in [-0.3, -0.25) is 4.90 Å². The molecule has 0 radical (unpaired) electrons. The van der Waals surface area contributed by atoms with Crippen molar-refractivity contribution >= 4 is 0 Å². The summed E-state index contributed by atoms with van der Waals surface area (Å²) in [5.41, 5.74) is 0. The Morgan fingerprint density at radius 3 is 2.89 bits per heavy atom. The molecule has 3 aliphatic rings. The highest BCUT2D eigenvalue weighted by Gasteiger charge is 2.32. The molecule has 1 unspecified atom stereocenters. The fourth-order valence-electron chi connectivity index (χ4n) is 3.47. The Bertz CT molecular complexity index is 445. The molecule has 1 aromatic heterocycles. The molecule has 5 nitrogen and oxygen atoms in total. The maximum absolute atomic E-state index is 4.42. The zero-order valence-electron chi connectivity index (χ0n) is 11.5. The average Bonchev–Trinajstić information content (AvgIpc) is 3.20. The fourth-order valence-corrected chi connectivity index (χ4v) is 3.47. The Labute approximate surface area is 114 Å². The van der Waals surface area contributed by atoms with E-state index in [1.165, 1.54) is 63.5 Å². The molecule has 0 bridgehead atoms. The first-order valence-electron chi connectivity index (χ1n) is 7.75. The maximum atomic E-state index is 4.42. The molecule has 2 aliphatic heterocycles. The number of nitrogens with one attached hydrogen (secondary N) is 1. The van der Waals surface area contributed by atoms with Crippen LogP contribution in [0.2, 0.25) is 0 Å². The molecule has 1 saturated carbocycles. The molecule has 2 fully saturated rings. The third kappa shape index (κ3) is 2.41. The summed E-state index contributed by atoms with van der Waals surface area (Å²) < 4.78 is 2.38. The lowest BCUT2D eigenvalue weighted by molar-refractivity contribution is 0.169. The summed E-state index contributed by atoms with van der Waals surface area (Å²) in [6.07, 6.45) is 5.34. The summed E-state index contributed by atoms with van der Waals surface area (Å²) in [4.78, 5) is 2.57. The van der Waals surface area contributed by atoms with Crippen molar-refractivity contribution in [1.82, 2.24) is 25.0 Å². The van der Waals surface area contributed by atoms with Crippen LogP contribution in [-0.2, 0) is 13.1 Å². The third-order valence-corrected chi connectivity index (χ3v) is 4.72. The Morgan fingerprint density at radius 1 is 1.16 bits per heavy atom. The fraction of sp³-hybridized carbons (Fsp3) is 0.857. The van der Waals surface area contributed by atoms with Crippen molar-refractivity contribution in [2.24, 2.45) is 5.92 Å². The first kappa shape index (κ1) is 11.9. The van der Waals surface area contributed by atoms with Gasteiger partial charge in [0.1, 0.15) is 11.6 Å². The van der Waals surface area contributed by atoms with Gasteiger partial charge in [0.2, 0.25) is 0 Å². The van der Waals surface area contributed by atoms with Crippen molar-refractivity contribution in [3.8, 4) is 0 Å². The highest BCUT2D eigenvalue weighted by Crippen LogP contribution is 2.39. The maximum Gasteiger partial charge on any atom is 0.147 e. The van der Waals surface area contributed by atoms with Gasteiger partial charge in [-0.2, -0.15) is 0 Å². The molecule has 3 heterocycles. The van der Waals surface area contributed by atoms with Crippen LogP contribution in [0.25, 0.3) is 0 Å². The van der Waals surface area contributed by atoms with E-state index in [1.54, 1.807) is 0 Å². The van der Waals surface area contributed by atoms with Crippen LogP contribution in [0.5, 0.6) is 0 Å². The van der Waals surface area contributed by atoms with Gasteiger partial charge < -0.3 is 9.88 Å². The molecule has 104 valence electrons. The van der Waals surface area contributed by atoms with E-state index in [1.807, 2.05) is 0 Å². The molecule has 0 spiro atoms. The van der Waals surface area contributed by atoms with Gasteiger partial charge in [-0.05, 0) is 44.7 Å². The predicted octanol–water partition coefficient (Wildman–Crippen LogP) is 0.971. The van der Waals surface area contributed by atoms with E-state index < -0.39 is 0 Å². The van der Waals surface area contributed by atoms with E-state index >= 15 is 0 Å². The van der Waals surface area contributed by atoms with Gasteiger partial charge in [-0.25, -0.2) is 0 Å². The zero-order chi connectivity index (χ0) is 12.7. The van der Waals surface area contributed by atoms with Crippen molar-refractivity contribution in [2.45, 2.75) is 44.7 Å². The number of aromatic nitrogens is 3. The van der Waals surface area contributed by atoms with Gasteiger partial charge in [0, 0.05) is 25.6 Å². The normalized spacial score (nSPS) is 28.3. The second kappa shape index (κ2) is 4.87. The van der Waals surface area contributed by atoms with Crippen LogP contribution in [0.3, 0.4) is 0 Å². The molecule has 1 N–H and O–H groups in total. The van der Waals surface area contributed by atoms with Gasteiger partial charge in [-0.15, -0.1) is 10.2 Å². The Morgan fingerprint density at radius 2 is 2.11 bits per heavy atom. The minimum absolute atomic E-state index is 0.718. The van der Waals surface area contributed by atoms with Crippen molar-refractivity contribution in [2.75, 3.05) is 26.2 Å². The molecule has 5 heteroatoms. The van der Waals surface area contributed by atoms with Crippen LogP contribution < -0.4 is 5.32 Å². The lowest BCUT2D eigenvalue weighted by Crippen LogP contribution is -2.41. The van der Waals surface area contributed by atoms with Gasteiger partial charge >= 0.3 is 0 Å². The molecule has 1 aliphatic carbocycles. The van der Waals surface area contributed by atoms with E-state index in [4.69, 9.17) is 0 Å². The first-order chi connectivity index (χ1) is 9.40. The van der Waals surface area contributed by atoms with Crippen LogP contribution >= 0.6 is 0 Å². The molecule has 0 amide bonds. The molecule has 4 rings (SSSR count). The van der Waals surface area contributed by atoms with Gasteiger partial charge in [0.15, 0.2) is 0 Å². The van der Waals surface area contributed by atoms with Crippen LogP contribution in [0, 0.1) is 5.92 Å². The van der Waals surface area contributed by atoms with Crippen LogP contribution in [0.1, 0.15) is 43.3 Å². The Kier molecular flexibility index (Phi) is 3.04.